The van der Waals surface area contributed by atoms with Crippen LogP contribution in [-0.2, 0) is 15.8 Å². The minimum Gasteiger partial charge on any atom is -0.326 e. The number of nitrogens with zero attached hydrogens (tertiary/aromatic N) is 1. The van der Waals surface area contributed by atoms with Gasteiger partial charge >= 0.3 is 6.18 Å². The highest BCUT2D eigenvalue weighted by molar-refractivity contribution is 6.03. The lowest BCUT2D eigenvalue weighted by atomic mass is 10.1. The quantitative estimate of drug-likeness (QED) is 0.920. The summed E-state index contributed by atoms with van der Waals surface area (Å²) in [6.45, 7) is 0.202. The van der Waals surface area contributed by atoms with Crippen LogP contribution in [0.15, 0.2) is 54.6 Å². The zero-order valence-electron chi connectivity index (χ0n) is 13.1. The predicted octanol–water partition coefficient (Wildman–Crippen LogP) is 3.70. The number of benzene rings is 2. The van der Waals surface area contributed by atoms with Gasteiger partial charge in [-0.3, -0.25) is 9.59 Å². The molecule has 1 saturated heterocycles. The van der Waals surface area contributed by atoms with Gasteiger partial charge in [0, 0.05) is 24.3 Å². The van der Waals surface area contributed by atoms with Crippen molar-refractivity contribution >= 4 is 23.2 Å². The monoisotopic (exact) mass is 348 g/mol. The third kappa shape index (κ3) is 3.81. The van der Waals surface area contributed by atoms with E-state index in [1.54, 1.807) is 24.3 Å². The van der Waals surface area contributed by atoms with Crippen LogP contribution in [0.25, 0.3) is 0 Å². The van der Waals surface area contributed by atoms with Gasteiger partial charge in [0.1, 0.15) is 0 Å². The second-order valence-corrected chi connectivity index (χ2v) is 5.81. The molecule has 7 heteroatoms. The number of hydrogen-bond acceptors (Lipinski definition) is 2. The van der Waals surface area contributed by atoms with E-state index in [1.807, 2.05) is 6.07 Å². The fourth-order valence-corrected chi connectivity index (χ4v) is 2.76. The maximum absolute atomic E-state index is 12.7. The summed E-state index contributed by atoms with van der Waals surface area (Å²) in [6, 6.07) is 13.4. The first-order valence-corrected chi connectivity index (χ1v) is 7.68. The molecule has 0 spiro atoms. The lowest BCUT2D eigenvalue weighted by molar-refractivity contribution is -0.137. The molecule has 0 radical (unpaired) electrons. The third-order valence-electron chi connectivity index (χ3n) is 4.02. The first-order chi connectivity index (χ1) is 11.8. The number of hydrogen-bond donors (Lipinski definition) is 1. The Morgan fingerprint density at radius 1 is 1.08 bits per heavy atom. The molecule has 1 atom stereocenters. The van der Waals surface area contributed by atoms with E-state index in [1.165, 1.54) is 17.0 Å². The Hall–Kier alpha value is -2.83. The Morgan fingerprint density at radius 3 is 2.48 bits per heavy atom. The molecule has 1 N–H and O–H groups in total. The topological polar surface area (TPSA) is 49.4 Å². The average Bonchev–Trinajstić information content (AvgIpc) is 2.97. The number of anilines is 2. The maximum atomic E-state index is 12.7. The molecule has 0 aromatic heterocycles. The molecule has 0 saturated carbocycles. The summed E-state index contributed by atoms with van der Waals surface area (Å²) in [5, 5.41) is 2.47. The summed E-state index contributed by atoms with van der Waals surface area (Å²) in [6.07, 6.45) is -4.45. The number of halogens is 3. The molecule has 1 fully saturated rings. The normalized spacial score (nSPS) is 17.6. The summed E-state index contributed by atoms with van der Waals surface area (Å²) in [4.78, 5) is 26.0. The minimum atomic E-state index is -4.48. The predicted molar refractivity (Wildman–Crippen MR) is 87.0 cm³/mol. The number of carbonyl (C=O) groups is 2. The summed E-state index contributed by atoms with van der Waals surface area (Å²) >= 11 is 0. The van der Waals surface area contributed by atoms with Gasteiger partial charge in [-0.25, -0.2) is 0 Å². The van der Waals surface area contributed by atoms with Gasteiger partial charge in [0.15, 0.2) is 0 Å². The Balaban J connectivity index is 1.70. The molecule has 130 valence electrons. The second kappa shape index (κ2) is 6.58. The lowest BCUT2D eigenvalue weighted by Gasteiger charge is -2.16. The van der Waals surface area contributed by atoms with Crippen molar-refractivity contribution in [3.05, 3.63) is 60.2 Å². The standard InChI is InChI=1S/C18H15F3N2O2/c19-18(20,21)13-5-4-6-14(10-13)22-17(25)12-9-16(24)23(11-12)15-7-2-1-3-8-15/h1-8,10,12H,9,11H2,(H,22,25)/t12-/m0/s1. The summed E-state index contributed by atoms with van der Waals surface area (Å²) in [7, 11) is 0. The molecule has 2 aromatic rings. The molecule has 1 heterocycles. The van der Waals surface area contributed by atoms with Crippen LogP contribution in [0.1, 0.15) is 12.0 Å². The average molecular weight is 348 g/mol. The number of para-hydroxylation sites is 1. The van der Waals surface area contributed by atoms with Crippen molar-refractivity contribution in [2.75, 3.05) is 16.8 Å². The third-order valence-corrected chi connectivity index (χ3v) is 4.02. The SMILES string of the molecule is O=C(Nc1cccc(C(F)(F)F)c1)[C@H]1CC(=O)N(c2ccccc2)C1. The number of carbonyl (C=O) groups excluding carboxylic acids is 2. The molecule has 3 rings (SSSR count). The Bertz CT molecular complexity index is 790. The molecular weight excluding hydrogens is 333 g/mol. The van der Waals surface area contributed by atoms with Crippen molar-refractivity contribution in [3.8, 4) is 0 Å². The number of amides is 2. The van der Waals surface area contributed by atoms with E-state index in [9.17, 15) is 22.8 Å². The van der Waals surface area contributed by atoms with Gasteiger partial charge in [0.05, 0.1) is 11.5 Å². The smallest absolute Gasteiger partial charge is 0.326 e. The highest BCUT2D eigenvalue weighted by atomic mass is 19.4. The van der Waals surface area contributed by atoms with E-state index in [4.69, 9.17) is 0 Å². The number of alkyl halides is 3. The molecule has 4 nitrogen and oxygen atoms in total. The van der Waals surface area contributed by atoms with Gasteiger partial charge in [0.25, 0.3) is 0 Å². The summed E-state index contributed by atoms with van der Waals surface area (Å²) < 4.78 is 38.2. The summed E-state index contributed by atoms with van der Waals surface area (Å²) in [5.41, 5.74) is -0.0778. The molecule has 25 heavy (non-hydrogen) atoms. The minimum absolute atomic E-state index is 0.0275. The highest BCUT2D eigenvalue weighted by Gasteiger charge is 2.35. The van der Waals surface area contributed by atoms with Gasteiger partial charge in [-0.05, 0) is 30.3 Å². The van der Waals surface area contributed by atoms with Gasteiger partial charge < -0.3 is 10.2 Å². The lowest BCUT2D eigenvalue weighted by Crippen LogP contribution is -2.28. The molecule has 0 aliphatic carbocycles. The van der Waals surface area contributed by atoms with E-state index in [0.29, 0.717) is 5.69 Å². The van der Waals surface area contributed by atoms with Gasteiger partial charge in [-0.1, -0.05) is 24.3 Å². The van der Waals surface area contributed by atoms with E-state index in [0.717, 1.165) is 12.1 Å². The van der Waals surface area contributed by atoms with Crippen LogP contribution in [-0.4, -0.2) is 18.4 Å². The van der Waals surface area contributed by atoms with Crippen molar-refractivity contribution in [1.29, 1.82) is 0 Å². The molecule has 0 unspecified atom stereocenters. The van der Waals surface area contributed by atoms with Crippen LogP contribution in [0, 0.1) is 5.92 Å². The van der Waals surface area contributed by atoms with Crippen LogP contribution in [0.3, 0.4) is 0 Å². The van der Waals surface area contributed by atoms with Crippen molar-refractivity contribution in [2.45, 2.75) is 12.6 Å². The zero-order valence-corrected chi connectivity index (χ0v) is 13.1. The highest BCUT2D eigenvalue weighted by Crippen LogP contribution is 2.31. The maximum Gasteiger partial charge on any atom is 0.416 e. The van der Waals surface area contributed by atoms with Crippen LogP contribution in [0.4, 0.5) is 24.5 Å². The zero-order chi connectivity index (χ0) is 18.0. The fraction of sp³-hybridized carbons (Fsp3) is 0.222. The van der Waals surface area contributed by atoms with Crippen molar-refractivity contribution in [3.63, 3.8) is 0 Å². The van der Waals surface area contributed by atoms with E-state index >= 15 is 0 Å². The molecule has 2 amide bonds. The van der Waals surface area contributed by atoms with Crippen LogP contribution >= 0.6 is 0 Å². The number of rotatable bonds is 3. The second-order valence-electron chi connectivity index (χ2n) is 5.81. The largest absolute Gasteiger partial charge is 0.416 e. The number of nitrogens with one attached hydrogen (secondary N) is 1. The van der Waals surface area contributed by atoms with Gasteiger partial charge in [0.2, 0.25) is 11.8 Å². The van der Waals surface area contributed by atoms with E-state index < -0.39 is 23.6 Å². The molecule has 1 aliphatic heterocycles. The van der Waals surface area contributed by atoms with Crippen molar-refractivity contribution < 1.29 is 22.8 Å². The Morgan fingerprint density at radius 2 is 1.80 bits per heavy atom. The fourth-order valence-electron chi connectivity index (χ4n) is 2.76. The summed E-state index contributed by atoms with van der Waals surface area (Å²) in [5.74, 6) is -1.26. The van der Waals surface area contributed by atoms with Crippen molar-refractivity contribution in [2.24, 2.45) is 5.92 Å². The van der Waals surface area contributed by atoms with E-state index in [-0.39, 0.29) is 24.6 Å². The Kier molecular flexibility index (Phi) is 4.48. The molecule has 1 aliphatic rings. The van der Waals surface area contributed by atoms with Crippen molar-refractivity contribution in [1.82, 2.24) is 0 Å². The Labute approximate surface area is 142 Å². The first-order valence-electron chi connectivity index (χ1n) is 7.68. The van der Waals surface area contributed by atoms with Crippen LogP contribution in [0.5, 0.6) is 0 Å². The molecule has 2 aromatic carbocycles. The van der Waals surface area contributed by atoms with Gasteiger partial charge in [-0.2, -0.15) is 13.2 Å². The van der Waals surface area contributed by atoms with E-state index in [2.05, 4.69) is 5.32 Å². The molecule has 0 bridgehead atoms. The first kappa shape index (κ1) is 17.0. The van der Waals surface area contributed by atoms with Gasteiger partial charge in [-0.15, -0.1) is 0 Å². The van der Waals surface area contributed by atoms with Crippen LogP contribution in [0.2, 0.25) is 0 Å². The van der Waals surface area contributed by atoms with Crippen LogP contribution < -0.4 is 10.2 Å². The molecular formula is C18H15F3N2O2.